The maximum absolute atomic E-state index is 5.66. The quantitative estimate of drug-likeness (QED) is 0.452. The van der Waals surface area contributed by atoms with Gasteiger partial charge < -0.3 is 4.74 Å². The number of rotatable bonds is 7. The van der Waals surface area contributed by atoms with Crippen LogP contribution < -0.4 is 0 Å². The molecular weight excluding hydrogens is 183 g/mol. The third-order valence-electron chi connectivity index (χ3n) is 1.54. The molecule has 0 aliphatic rings. The smallest absolute Gasteiger partial charge is 0.0466 e. The average molecular weight is 199 g/mol. The van der Waals surface area contributed by atoms with Crippen molar-refractivity contribution < 1.29 is 4.74 Å². The van der Waals surface area contributed by atoms with Gasteiger partial charge in [0.25, 0.3) is 0 Å². The van der Waals surface area contributed by atoms with Crippen LogP contribution in [-0.2, 0) is 4.74 Å². The van der Waals surface area contributed by atoms with E-state index in [0.29, 0.717) is 17.7 Å². The topological polar surface area (TPSA) is 9.23 Å². The van der Waals surface area contributed by atoms with Gasteiger partial charge >= 0.3 is 0 Å². The molecule has 0 aromatic heterocycles. The number of alkyl halides is 2. The lowest BCUT2D eigenvalue weighted by molar-refractivity contribution is 0.141. The molecule has 0 atom stereocenters. The first-order valence-electron chi connectivity index (χ1n) is 4.04. The molecule has 0 N–H and O–H groups in total. The highest BCUT2D eigenvalue weighted by molar-refractivity contribution is 6.20. The van der Waals surface area contributed by atoms with Crippen LogP contribution in [0.5, 0.6) is 0 Å². The summed E-state index contributed by atoms with van der Waals surface area (Å²) in [4.78, 5) is 0. The monoisotopic (exact) mass is 198 g/mol. The van der Waals surface area contributed by atoms with Crippen LogP contribution in [0.25, 0.3) is 0 Å². The van der Waals surface area contributed by atoms with E-state index in [-0.39, 0.29) is 0 Å². The van der Waals surface area contributed by atoms with Gasteiger partial charge in [0.05, 0.1) is 0 Å². The van der Waals surface area contributed by atoms with Crippen molar-refractivity contribution in [3.05, 3.63) is 0 Å². The van der Waals surface area contributed by atoms with Gasteiger partial charge in [-0.25, -0.2) is 0 Å². The summed E-state index contributed by atoms with van der Waals surface area (Å²) in [5.41, 5.74) is 0. The summed E-state index contributed by atoms with van der Waals surface area (Å²) in [6.45, 7) is 3.63. The molecule has 0 aliphatic heterocycles. The third-order valence-corrected chi connectivity index (χ3v) is 2.41. The van der Waals surface area contributed by atoms with Crippen LogP contribution in [0.2, 0.25) is 0 Å². The summed E-state index contributed by atoms with van der Waals surface area (Å²) in [7, 11) is 0. The van der Waals surface area contributed by atoms with E-state index < -0.39 is 0 Å². The van der Waals surface area contributed by atoms with Crippen molar-refractivity contribution in [2.75, 3.05) is 25.0 Å². The second-order valence-electron chi connectivity index (χ2n) is 2.51. The Hall–Kier alpha value is 0.540. The second-order valence-corrected chi connectivity index (χ2v) is 3.13. The zero-order valence-corrected chi connectivity index (χ0v) is 8.50. The number of ether oxygens (including phenoxy) is 1. The largest absolute Gasteiger partial charge is 0.382 e. The summed E-state index contributed by atoms with van der Waals surface area (Å²) in [6.07, 6.45) is 2.14. The Balaban J connectivity index is 3.07. The van der Waals surface area contributed by atoms with Crippen LogP contribution in [0.4, 0.5) is 0 Å². The van der Waals surface area contributed by atoms with Crippen molar-refractivity contribution >= 4 is 23.2 Å². The van der Waals surface area contributed by atoms with Crippen LogP contribution in [0.1, 0.15) is 19.8 Å². The first kappa shape index (κ1) is 11.5. The summed E-state index contributed by atoms with van der Waals surface area (Å²) in [5, 5.41) is 0. The molecule has 0 fully saturated rings. The van der Waals surface area contributed by atoms with Gasteiger partial charge in [0, 0.05) is 25.0 Å². The highest BCUT2D eigenvalue weighted by atomic mass is 35.5. The molecule has 68 valence electrons. The number of halogens is 2. The number of hydrogen-bond donors (Lipinski definition) is 0. The molecule has 0 aromatic carbocycles. The van der Waals surface area contributed by atoms with Gasteiger partial charge in [0.2, 0.25) is 0 Å². The first-order valence-corrected chi connectivity index (χ1v) is 5.11. The molecule has 0 aromatic rings. The predicted molar refractivity (Wildman–Crippen MR) is 50.7 cm³/mol. The molecule has 0 spiro atoms. The number of hydrogen-bond acceptors (Lipinski definition) is 1. The van der Waals surface area contributed by atoms with Crippen molar-refractivity contribution in [3.8, 4) is 0 Å². The van der Waals surface area contributed by atoms with E-state index in [9.17, 15) is 0 Å². The Morgan fingerprint density at radius 2 is 1.91 bits per heavy atom. The maximum Gasteiger partial charge on any atom is 0.0466 e. The lowest BCUT2D eigenvalue weighted by Gasteiger charge is -2.08. The lowest BCUT2D eigenvalue weighted by Crippen LogP contribution is -2.05. The van der Waals surface area contributed by atoms with E-state index in [1.807, 2.05) is 6.92 Å². The molecule has 1 nitrogen and oxygen atoms in total. The van der Waals surface area contributed by atoms with Gasteiger partial charge in [-0.2, -0.15) is 0 Å². The van der Waals surface area contributed by atoms with Crippen molar-refractivity contribution in [2.24, 2.45) is 5.92 Å². The zero-order chi connectivity index (χ0) is 8.53. The van der Waals surface area contributed by atoms with Crippen LogP contribution in [0, 0.1) is 5.92 Å². The maximum atomic E-state index is 5.66. The van der Waals surface area contributed by atoms with E-state index in [1.165, 1.54) is 0 Å². The summed E-state index contributed by atoms with van der Waals surface area (Å²) < 4.78 is 5.19. The summed E-state index contributed by atoms with van der Waals surface area (Å²) in [6, 6.07) is 0. The van der Waals surface area contributed by atoms with Crippen molar-refractivity contribution in [2.45, 2.75) is 19.8 Å². The molecule has 0 rings (SSSR count). The fourth-order valence-electron chi connectivity index (χ4n) is 0.814. The molecule has 0 saturated heterocycles. The predicted octanol–water partition coefficient (Wildman–Crippen LogP) is 2.90. The molecule has 3 heteroatoms. The van der Waals surface area contributed by atoms with Gasteiger partial charge in [-0.05, 0) is 25.7 Å². The molecule has 0 amide bonds. The second kappa shape index (κ2) is 8.63. The first-order chi connectivity index (χ1) is 5.35. The fraction of sp³-hybridized carbons (Fsp3) is 1.00. The molecule has 0 radical (unpaired) electrons. The Bertz CT molecular complexity index is 74.5. The van der Waals surface area contributed by atoms with Crippen LogP contribution in [-0.4, -0.2) is 25.0 Å². The van der Waals surface area contributed by atoms with Gasteiger partial charge in [0.1, 0.15) is 0 Å². The van der Waals surface area contributed by atoms with E-state index in [2.05, 4.69) is 0 Å². The summed E-state index contributed by atoms with van der Waals surface area (Å²) >= 11 is 11.3. The molecule has 11 heavy (non-hydrogen) atoms. The van der Waals surface area contributed by atoms with Gasteiger partial charge in [-0.1, -0.05) is 0 Å². The van der Waals surface area contributed by atoms with Crippen LogP contribution in [0.15, 0.2) is 0 Å². The van der Waals surface area contributed by atoms with E-state index in [1.54, 1.807) is 0 Å². The van der Waals surface area contributed by atoms with Crippen LogP contribution in [0.3, 0.4) is 0 Å². The molecule has 0 heterocycles. The zero-order valence-electron chi connectivity index (χ0n) is 6.98. The SMILES string of the molecule is CCOCCCC(CCl)CCl. The highest BCUT2D eigenvalue weighted by Crippen LogP contribution is 2.10. The van der Waals surface area contributed by atoms with Gasteiger partial charge in [-0.3, -0.25) is 0 Å². The Morgan fingerprint density at radius 1 is 1.27 bits per heavy atom. The standard InChI is InChI=1S/C8H16Cl2O/c1-2-11-5-3-4-8(6-9)7-10/h8H,2-7H2,1H3. The minimum absolute atomic E-state index is 0.457. The Labute approximate surface area is 79.0 Å². The Kier molecular flexibility index (Phi) is 9.06. The molecule has 0 aliphatic carbocycles. The minimum Gasteiger partial charge on any atom is -0.382 e. The van der Waals surface area contributed by atoms with Crippen molar-refractivity contribution in [1.82, 2.24) is 0 Å². The Morgan fingerprint density at radius 3 is 2.36 bits per heavy atom. The van der Waals surface area contributed by atoms with Gasteiger partial charge in [-0.15, -0.1) is 23.2 Å². The van der Waals surface area contributed by atoms with Gasteiger partial charge in [0.15, 0.2) is 0 Å². The molecule has 0 bridgehead atoms. The molecule has 0 saturated carbocycles. The summed E-state index contributed by atoms with van der Waals surface area (Å²) in [5.74, 6) is 1.78. The fourth-order valence-corrected chi connectivity index (χ4v) is 1.45. The van der Waals surface area contributed by atoms with Crippen molar-refractivity contribution in [1.29, 1.82) is 0 Å². The third kappa shape index (κ3) is 6.92. The molecular formula is C8H16Cl2O. The molecule has 0 unspecified atom stereocenters. The highest BCUT2D eigenvalue weighted by Gasteiger charge is 2.04. The van der Waals surface area contributed by atoms with Crippen LogP contribution >= 0.6 is 23.2 Å². The average Bonchev–Trinajstić information content (AvgIpc) is 2.05. The van der Waals surface area contributed by atoms with E-state index >= 15 is 0 Å². The van der Waals surface area contributed by atoms with E-state index in [4.69, 9.17) is 27.9 Å². The van der Waals surface area contributed by atoms with E-state index in [0.717, 1.165) is 26.1 Å². The minimum atomic E-state index is 0.457. The normalized spacial score (nSPS) is 10.9. The lowest BCUT2D eigenvalue weighted by atomic mass is 10.1. The van der Waals surface area contributed by atoms with Crippen molar-refractivity contribution in [3.63, 3.8) is 0 Å².